The fraction of sp³-hybridized carbons (Fsp3) is 0.364. The van der Waals surface area contributed by atoms with Crippen LogP contribution < -0.4 is 16.0 Å². The van der Waals surface area contributed by atoms with Crippen LogP contribution in [0.4, 0.5) is 23.2 Å². The number of anilines is 1. The molecule has 3 N–H and O–H groups in total. The number of halogens is 4. The first kappa shape index (κ1) is 24.2. The minimum Gasteiger partial charge on any atom is -0.377 e. The van der Waals surface area contributed by atoms with Crippen molar-refractivity contribution in [1.82, 2.24) is 30.6 Å². The Morgan fingerprint density at radius 3 is 2.86 bits per heavy atom. The van der Waals surface area contributed by atoms with Gasteiger partial charge in [-0.15, -0.1) is 11.3 Å². The van der Waals surface area contributed by atoms with Crippen molar-refractivity contribution in [2.45, 2.75) is 31.4 Å². The zero-order valence-corrected chi connectivity index (χ0v) is 19.7. The zero-order valence-electron chi connectivity index (χ0n) is 18.9. The Balaban J connectivity index is 1.44. The van der Waals surface area contributed by atoms with Crippen molar-refractivity contribution in [3.05, 3.63) is 47.6 Å². The Hall–Kier alpha value is -3.52. The predicted molar refractivity (Wildman–Crippen MR) is 124 cm³/mol. The number of benzene rings is 1. The molecule has 14 heteroatoms. The summed E-state index contributed by atoms with van der Waals surface area (Å²) < 4.78 is 61.9. The van der Waals surface area contributed by atoms with E-state index in [1.807, 2.05) is 0 Å². The van der Waals surface area contributed by atoms with Crippen LogP contribution >= 0.6 is 11.3 Å². The molecule has 1 aliphatic heterocycles. The molecule has 0 radical (unpaired) electrons. The minimum atomic E-state index is -4.48. The van der Waals surface area contributed by atoms with Gasteiger partial charge >= 0.3 is 6.18 Å². The molecule has 1 aliphatic rings. The Morgan fingerprint density at radius 1 is 1.33 bits per heavy atom. The van der Waals surface area contributed by atoms with Gasteiger partial charge in [0.2, 0.25) is 11.7 Å². The van der Waals surface area contributed by atoms with Crippen molar-refractivity contribution in [1.29, 1.82) is 0 Å². The Kier molecular flexibility index (Phi) is 6.38. The third-order valence-electron chi connectivity index (χ3n) is 5.72. The molecule has 3 aromatic heterocycles. The third kappa shape index (κ3) is 5.04. The van der Waals surface area contributed by atoms with Crippen LogP contribution in [-0.2, 0) is 20.0 Å². The van der Waals surface area contributed by atoms with E-state index in [1.54, 1.807) is 25.2 Å². The van der Waals surface area contributed by atoms with E-state index in [-0.39, 0.29) is 35.2 Å². The van der Waals surface area contributed by atoms with Crippen molar-refractivity contribution in [2.75, 3.05) is 18.4 Å². The van der Waals surface area contributed by atoms with Gasteiger partial charge in [0.1, 0.15) is 6.17 Å². The van der Waals surface area contributed by atoms with Crippen molar-refractivity contribution in [3.63, 3.8) is 0 Å². The lowest BCUT2D eigenvalue weighted by Gasteiger charge is -2.16. The highest BCUT2D eigenvalue weighted by Crippen LogP contribution is 2.43. The molecule has 4 aromatic rings. The topological polar surface area (TPSA) is 110 Å². The number of fused-ring (bicyclic) bond motifs is 1. The monoisotopic (exact) mass is 523 g/mol. The molecular weight excluding hydrogens is 502 g/mol. The van der Waals surface area contributed by atoms with E-state index in [0.29, 0.717) is 27.9 Å². The van der Waals surface area contributed by atoms with Crippen LogP contribution in [-0.4, -0.2) is 57.3 Å². The second-order valence-corrected chi connectivity index (χ2v) is 9.43. The molecular formula is C22H21F4N7O2S. The quantitative estimate of drug-likeness (QED) is 0.319. The third-order valence-corrected chi connectivity index (χ3v) is 6.99. The lowest BCUT2D eigenvalue weighted by molar-refractivity contribution is -0.126. The number of thiophene rings is 1. The zero-order chi connectivity index (χ0) is 25.4. The number of carbonyl (C=O) groups is 1. The average molecular weight is 524 g/mol. The predicted octanol–water partition coefficient (Wildman–Crippen LogP) is 3.44. The minimum absolute atomic E-state index is 0.0132. The number of hydrogen-bond donors (Lipinski definition) is 3. The van der Waals surface area contributed by atoms with Crippen LogP contribution in [0.2, 0.25) is 0 Å². The number of aryl methyl sites for hydroxylation is 1. The van der Waals surface area contributed by atoms with E-state index < -0.39 is 30.7 Å². The summed E-state index contributed by atoms with van der Waals surface area (Å²) in [7, 11) is 1.67. The van der Waals surface area contributed by atoms with Crippen molar-refractivity contribution >= 4 is 33.0 Å². The molecule has 0 bridgehead atoms. The fourth-order valence-electron chi connectivity index (χ4n) is 4.04. The van der Waals surface area contributed by atoms with Gasteiger partial charge in [0, 0.05) is 26.3 Å². The fourth-order valence-corrected chi connectivity index (χ4v) is 5.27. The SMILES string of the molecule is Cn1cc(C(=O)NCc2nc(-c3sc4c(N[C@@H]5CNC[C@@H]5F)cccc4c3CC(F)(F)F)no2)cn1. The standard InChI is InChI=1S/C22H21F4N7O2S/c1-33-10-11(6-29-33)21(34)28-9-17-31-20(32-35-17)19-13(5-22(24,25)26)12-3-2-4-15(18(12)36-19)30-16-8-27-7-14(16)23/h2-4,6,10,14,16,27,30H,5,7-9H2,1H3,(H,28,34)/t14-,16+/m0/s1. The maximum absolute atomic E-state index is 14.2. The van der Waals surface area contributed by atoms with Gasteiger partial charge in [-0.2, -0.15) is 23.3 Å². The first-order valence-corrected chi connectivity index (χ1v) is 11.8. The van der Waals surface area contributed by atoms with Gasteiger partial charge in [0.25, 0.3) is 5.91 Å². The first-order valence-electron chi connectivity index (χ1n) is 11.0. The van der Waals surface area contributed by atoms with E-state index in [9.17, 15) is 22.4 Å². The van der Waals surface area contributed by atoms with E-state index in [4.69, 9.17) is 4.52 Å². The highest BCUT2D eigenvalue weighted by molar-refractivity contribution is 7.23. The Bertz CT molecular complexity index is 1400. The van der Waals surface area contributed by atoms with Crippen LogP contribution in [0.25, 0.3) is 20.8 Å². The number of amides is 1. The normalized spacial score (nSPS) is 18.1. The van der Waals surface area contributed by atoms with Gasteiger partial charge in [0.15, 0.2) is 0 Å². The summed E-state index contributed by atoms with van der Waals surface area (Å²) in [6.07, 6.45) is -3.85. The first-order chi connectivity index (χ1) is 17.2. The summed E-state index contributed by atoms with van der Waals surface area (Å²) in [5.74, 6) is -0.392. The molecule has 0 spiro atoms. The number of hydrogen-bond acceptors (Lipinski definition) is 8. The van der Waals surface area contributed by atoms with Crippen molar-refractivity contribution < 1.29 is 26.9 Å². The summed E-state index contributed by atoms with van der Waals surface area (Å²) in [4.78, 5) is 16.6. The molecule has 1 amide bonds. The average Bonchev–Trinajstić information content (AvgIpc) is 3.60. The molecule has 0 unspecified atom stereocenters. The lowest BCUT2D eigenvalue weighted by atomic mass is 10.1. The molecule has 5 rings (SSSR count). The van der Waals surface area contributed by atoms with Gasteiger partial charge in [-0.05, 0) is 17.0 Å². The highest BCUT2D eigenvalue weighted by atomic mass is 32.1. The van der Waals surface area contributed by atoms with E-state index in [0.717, 1.165) is 11.3 Å². The molecule has 190 valence electrons. The van der Waals surface area contributed by atoms with E-state index in [2.05, 4.69) is 31.2 Å². The molecule has 0 aliphatic carbocycles. The van der Waals surface area contributed by atoms with Gasteiger partial charge in [-0.25, -0.2) is 4.39 Å². The Morgan fingerprint density at radius 2 is 2.17 bits per heavy atom. The second kappa shape index (κ2) is 9.50. The van der Waals surface area contributed by atoms with Crippen molar-refractivity contribution in [3.8, 4) is 10.7 Å². The summed E-state index contributed by atoms with van der Waals surface area (Å²) in [6.45, 7) is 0.509. The molecule has 1 saturated heterocycles. The largest absolute Gasteiger partial charge is 0.393 e. The summed E-state index contributed by atoms with van der Waals surface area (Å²) in [5, 5.41) is 16.9. The number of aromatic nitrogens is 4. The molecule has 9 nitrogen and oxygen atoms in total. The lowest BCUT2D eigenvalue weighted by Crippen LogP contribution is -2.29. The smallest absolute Gasteiger partial charge is 0.377 e. The van der Waals surface area contributed by atoms with Gasteiger partial charge in [-0.3, -0.25) is 9.48 Å². The molecule has 36 heavy (non-hydrogen) atoms. The number of alkyl halides is 4. The second-order valence-electron chi connectivity index (χ2n) is 8.41. The molecule has 2 atom stereocenters. The summed E-state index contributed by atoms with van der Waals surface area (Å²) in [5.41, 5.74) is 0.887. The van der Waals surface area contributed by atoms with E-state index in [1.165, 1.54) is 17.1 Å². The highest BCUT2D eigenvalue weighted by Gasteiger charge is 2.33. The number of carbonyl (C=O) groups excluding carboxylic acids is 1. The summed E-state index contributed by atoms with van der Waals surface area (Å²) in [6, 6.07) is 4.44. The Labute approximate surface area is 205 Å². The molecule has 1 fully saturated rings. The molecule has 1 aromatic carbocycles. The molecule has 0 saturated carbocycles. The van der Waals surface area contributed by atoms with Gasteiger partial charge in [0.05, 0.1) is 46.0 Å². The number of nitrogens with zero attached hydrogens (tertiary/aromatic N) is 4. The van der Waals surface area contributed by atoms with E-state index >= 15 is 0 Å². The number of nitrogens with one attached hydrogen (secondary N) is 3. The molecule has 4 heterocycles. The maximum Gasteiger partial charge on any atom is 0.393 e. The van der Waals surface area contributed by atoms with Crippen LogP contribution in [0.1, 0.15) is 21.8 Å². The van der Waals surface area contributed by atoms with Crippen LogP contribution in [0, 0.1) is 0 Å². The van der Waals surface area contributed by atoms with Crippen LogP contribution in [0.5, 0.6) is 0 Å². The maximum atomic E-state index is 14.2. The van der Waals surface area contributed by atoms with Crippen LogP contribution in [0.3, 0.4) is 0 Å². The van der Waals surface area contributed by atoms with Crippen molar-refractivity contribution in [2.24, 2.45) is 7.05 Å². The van der Waals surface area contributed by atoms with Gasteiger partial charge < -0.3 is 20.5 Å². The van der Waals surface area contributed by atoms with Gasteiger partial charge in [-0.1, -0.05) is 17.3 Å². The van der Waals surface area contributed by atoms with Crippen LogP contribution in [0.15, 0.2) is 35.1 Å². The summed E-state index contributed by atoms with van der Waals surface area (Å²) >= 11 is 1.08. The number of rotatable bonds is 7.